The summed E-state index contributed by atoms with van der Waals surface area (Å²) in [6.07, 6.45) is 5.67. The molecule has 0 radical (unpaired) electrons. The molecule has 1 atom stereocenters. The predicted octanol–water partition coefficient (Wildman–Crippen LogP) is 4.67. The Bertz CT molecular complexity index is 906. The monoisotopic (exact) mass is 395 g/mol. The Hall–Kier alpha value is -2.53. The fraction of sp³-hybridized carbons (Fsp3) is 0.150. The molecule has 1 amide bonds. The van der Waals surface area contributed by atoms with E-state index in [1.165, 1.54) is 6.08 Å². The van der Waals surface area contributed by atoms with Crippen LogP contribution in [0.15, 0.2) is 65.3 Å². The summed E-state index contributed by atoms with van der Waals surface area (Å²) in [4.78, 5) is 21.1. The lowest BCUT2D eigenvalue weighted by atomic mass is 10.0. The zero-order chi connectivity index (χ0) is 17.6. The quantitative estimate of drug-likeness (QED) is 0.638. The number of nitrogens with zero attached hydrogens (tertiary/aromatic N) is 2. The lowest BCUT2D eigenvalue weighted by molar-refractivity contribution is -0.117. The van der Waals surface area contributed by atoms with Crippen LogP contribution in [0.25, 0.3) is 17.1 Å². The molecule has 4 nitrogen and oxygen atoms in total. The Labute approximate surface area is 155 Å². The van der Waals surface area contributed by atoms with E-state index in [0.29, 0.717) is 5.69 Å². The van der Waals surface area contributed by atoms with E-state index < -0.39 is 0 Å². The van der Waals surface area contributed by atoms with E-state index in [9.17, 15) is 4.79 Å². The van der Waals surface area contributed by atoms with Crippen LogP contribution in [0.1, 0.15) is 30.6 Å². The van der Waals surface area contributed by atoms with E-state index in [-0.39, 0.29) is 11.9 Å². The van der Waals surface area contributed by atoms with Crippen molar-refractivity contribution in [2.24, 2.45) is 0 Å². The highest BCUT2D eigenvalue weighted by molar-refractivity contribution is 9.10. The summed E-state index contributed by atoms with van der Waals surface area (Å²) in [6, 6.07) is 15.6. The Morgan fingerprint density at radius 1 is 1.16 bits per heavy atom. The standard InChI is InChI=1S/C20H18BrN3O/c1-2-17(14-7-9-15(21)10-8-14)24-20(25)12-11-16-13-22-18-5-3-4-6-19(18)23-16/h3-13,17H,2H2,1H3,(H,24,25)/b12-11+. The number of para-hydroxylation sites is 2. The van der Waals surface area contributed by atoms with Crippen molar-refractivity contribution in [1.29, 1.82) is 0 Å². The minimum Gasteiger partial charge on any atom is -0.346 e. The number of nitrogens with one attached hydrogen (secondary N) is 1. The number of fused-ring (bicyclic) bond motifs is 1. The molecule has 0 saturated heterocycles. The van der Waals surface area contributed by atoms with Gasteiger partial charge >= 0.3 is 0 Å². The second kappa shape index (κ2) is 8.03. The van der Waals surface area contributed by atoms with Gasteiger partial charge in [-0.3, -0.25) is 9.78 Å². The molecule has 1 N–H and O–H groups in total. The maximum atomic E-state index is 12.2. The van der Waals surface area contributed by atoms with Crippen molar-refractivity contribution in [3.63, 3.8) is 0 Å². The molecule has 0 aliphatic heterocycles. The van der Waals surface area contributed by atoms with Crippen LogP contribution in [0.3, 0.4) is 0 Å². The number of carbonyl (C=O) groups is 1. The molecule has 3 aromatic rings. The van der Waals surface area contributed by atoms with Gasteiger partial charge in [0.1, 0.15) is 0 Å². The summed E-state index contributed by atoms with van der Waals surface area (Å²) in [7, 11) is 0. The van der Waals surface area contributed by atoms with Crippen molar-refractivity contribution in [3.05, 3.63) is 76.5 Å². The molecule has 1 heterocycles. The fourth-order valence-corrected chi connectivity index (χ4v) is 2.81. The van der Waals surface area contributed by atoms with Gasteiger partial charge in [0.15, 0.2) is 0 Å². The van der Waals surface area contributed by atoms with Crippen LogP contribution < -0.4 is 5.32 Å². The summed E-state index contributed by atoms with van der Waals surface area (Å²) < 4.78 is 1.02. The van der Waals surface area contributed by atoms with E-state index in [2.05, 4.69) is 31.2 Å². The normalized spacial score (nSPS) is 12.4. The maximum Gasteiger partial charge on any atom is 0.244 e. The highest BCUT2D eigenvalue weighted by Crippen LogP contribution is 2.19. The number of rotatable bonds is 5. The molecule has 5 heteroatoms. The van der Waals surface area contributed by atoms with Crippen molar-refractivity contribution >= 4 is 38.9 Å². The van der Waals surface area contributed by atoms with Crippen LogP contribution >= 0.6 is 15.9 Å². The van der Waals surface area contributed by atoms with Crippen molar-refractivity contribution in [2.75, 3.05) is 0 Å². The zero-order valence-corrected chi connectivity index (χ0v) is 15.4. The average molecular weight is 396 g/mol. The Balaban J connectivity index is 1.69. The smallest absolute Gasteiger partial charge is 0.244 e. The van der Waals surface area contributed by atoms with E-state index in [0.717, 1.165) is 27.5 Å². The SMILES string of the molecule is CCC(NC(=O)/C=C/c1cnc2ccccc2n1)c1ccc(Br)cc1. The third-order valence-corrected chi connectivity index (χ3v) is 4.40. The molecule has 1 aromatic heterocycles. The third kappa shape index (κ3) is 4.51. The molecule has 0 spiro atoms. The molecule has 25 heavy (non-hydrogen) atoms. The van der Waals surface area contributed by atoms with Crippen LogP contribution in [0, 0.1) is 0 Å². The van der Waals surface area contributed by atoms with Gasteiger partial charge in [-0.1, -0.05) is 47.1 Å². The van der Waals surface area contributed by atoms with Gasteiger partial charge in [-0.15, -0.1) is 0 Å². The number of aromatic nitrogens is 2. The van der Waals surface area contributed by atoms with Gasteiger partial charge in [0.05, 0.1) is 29.0 Å². The van der Waals surface area contributed by atoms with E-state index >= 15 is 0 Å². The molecule has 0 fully saturated rings. The predicted molar refractivity (Wildman–Crippen MR) is 104 cm³/mol. The highest BCUT2D eigenvalue weighted by Gasteiger charge is 2.10. The molecule has 3 rings (SSSR count). The second-order valence-electron chi connectivity index (χ2n) is 5.64. The van der Waals surface area contributed by atoms with Crippen LogP contribution in [0.4, 0.5) is 0 Å². The van der Waals surface area contributed by atoms with Gasteiger partial charge in [-0.25, -0.2) is 4.98 Å². The minimum absolute atomic E-state index is 0.0204. The lowest BCUT2D eigenvalue weighted by Crippen LogP contribution is -2.26. The van der Waals surface area contributed by atoms with Gasteiger partial charge < -0.3 is 5.32 Å². The van der Waals surface area contributed by atoms with E-state index in [4.69, 9.17) is 0 Å². The third-order valence-electron chi connectivity index (χ3n) is 3.87. The Morgan fingerprint density at radius 3 is 2.60 bits per heavy atom. The molecular formula is C20H18BrN3O. The first-order valence-corrected chi connectivity index (χ1v) is 8.91. The van der Waals surface area contributed by atoms with Crippen molar-refractivity contribution < 1.29 is 4.79 Å². The maximum absolute atomic E-state index is 12.2. The van der Waals surface area contributed by atoms with Gasteiger partial charge in [0, 0.05) is 10.5 Å². The first-order chi connectivity index (χ1) is 12.2. The average Bonchev–Trinajstić information content (AvgIpc) is 2.65. The van der Waals surface area contributed by atoms with Crippen LogP contribution in [0.2, 0.25) is 0 Å². The fourth-order valence-electron chi connectivity index (χ4n) is 2.55. The first kappa shape index (κ1) is 17.3. The van der Waals surface area contributed by atoms with Gasteiger partial charge in [-0.2, -0.15) is 0 Å². The molecular weight excluding hydrogens is 378 g/mol. The van der Waals surface area contributed by atoms with Crippen molar-refractivity contribution in [3.8, 4) is 0 Å². The molecule has 2 aromatic carbocycles. The van der Waals surface area contributed by atoms with Crippen molar-refractivity contribution in [1.82, 2.24) is 15.3 Å². The molecule has 126 valence electrons. The number of halogens is 1. The number of hydrogen-bond donors (Lipinski definition) is 1. The Kier molecular flexibility index (Phi) is 5.56. The number of hydrogen-bond acceptors (Lipinski definition) is 3. The number of benzene rings is 2. The largest absolute Gasteiger partial charge is 0.346 e. The van der Waals surface area contributed by atoms with Crippen LogP contribution in [-0.2, 0) is 4.79 Å². The highest BCUT2D eigenvalue weighted by atomic mass is 79.9. The molecule has 0 aliphatic carbocycles. The van der Waals surface area contributed by atoms with Crippen molar-refractivity contribution in [2.45, 2.75) is 19.4 Å². The summed E-state index contributed by atoms with van der Waals surface area (Å²) >= 11 is 3.42. The lowest BCUT2D eigenvalue weighted by Gasteiger charge is -2.16. The summed E-state index contributed by atoms with van der Waals surface area (Å²) in [5.74, 6) is -0.148. The summed E-state index contributed by atoms with van der Waals surface area (Å²) in [6.45, 7) is 2.05. The van der Waals surface area contributed by atoms with Crippen LogP contribution in [0.5, 0.6) is 0 Å². The van der Waals surface area contributed by atoms with Crippen LogP contribution in [-0.4, -0.2) is 15.9 Å². The minimum atomic E-state index is -0.148. The molecule has 1 unspecified atom stereocenters. The van der Waals surface area contributed by atoms with Gasteiger partial charge in [0.2, 0.25) is 5.91 Å². The van der Waals surface area contributed by atoms with E-state index in [1.807, 2.05) is 55.5 Å². The van der Waals surface area contributed by atoms with Gasteiger partial charge in [0.25, 0.3) is 0 Å². The first-order valence-electron chi connectivity index (χ1n) is 8.11. The number of carbonyl (C=O) groups excluding carboxylic acids is 1. The Morgan fingerprint density at radius 2 is 1.88 bits per heavy atom. The summed E-state index contributed by atoms with van der Waals surface area (Å²) in [5.41, 5.74) is 3.39. The number of amides is 1. The molecule has 0 bridgehead atoms. The molecule has 0 saturated carbocycles. The van der Waals surface area contributed by atoms with Gasteiger partial charge in [-0.05, 0) is 42.3 Å². The topological polar surface area (TPSA) is 54.9 Å². The molecule has 0 aliphatic rings. The second-order valence-corrected chi connectivity index (χ2v) is 6.55. The van der Waals surface area contributed by atoms with E-state index in [1.54, 1.807) is 12.3 Å². The zero-order valence-electron chi connectivity index (χ0n) is 13.8. The summed E-state index contributed by atoms with van der Waals surface area (Å²) in [5, 5.41) is 3.02.